The van der Waals surface area contributed by atoms with Gasteiger partial charge in [-0.05, 0) is 37.1 Å². The Balaban J connectivity index is 1.43. The maximum atomic E-state index is 11.8. The van der Waals surface area contributed by atoms with Gasteiger partial charge in [0.15, 0.2) is 0 Å². The highest BCUT2D eigenvalue weighted by Crippen LogP contribution is 2.21. The molecule has 0 fully saturated rings. The highest BCUT2D eigenvalue weighted by molar-refractivity contribution is 7.16. The number of nitrogens with one attached hydrogen (secondary N) is 2. The minimum atomic E-state index is -0.197. The number of aromatic nitrogens is 3. The third kappa shape index (κ3) is 4.80. The van der Waals surface area contributed by atoms with Gasteiger partial charge in [0.1, 0.15) is 11.6 Å². The second kappa shape index (κ2) is 8.13. The molecule has 3 aromatic heterocycles. The lowest BCUT2D eigenvalue weighted by Crippen LogP contribution is -2.36. The van der Waals surface area contributed by atoms with Gasteiger partial charge in [-0.2, -0.15) is 0 Å². The van der Waals surface area contributed by atoms with E-state index in [4.69, 9.17) is 11.6 Å². The van der Waals surface area contributed by atoms with E-state index in [2.05, 4.69) is 20.6 Å². The van der Waals surface area contributed by atoms with E-state index in [1.54, 1.807) is 12.4 Å². The fraction of sp³-hybridized carbons (Fsp3) is 0.235. The molecule has 0 unspecified atom stereocenters. The standard InChI is InChI=1S/C17H18ClN5OS/c1-12-19-8-9-23(12)16-5-2-13(10-21-16)11-22-17(24)20-7-6-14-3-4-15(18)25-14/h2-5,8-10H,6-7,11H2,1H3,(H2,20,22,24). The van der Waals surface area contributed by atoms with Gasteiger partial charge in [0.05, 0.1) is 4.34 Å². The van der Waals surface area contributed by atoms with E-state index in [1.807, 2.05) is 42.0 Å². The zero-order valence-corrected chi connectivity index (χ0v) is 15.3. The largest absolute Gasteiger partial charge is 0.338 e. The van der Waals surface area contributed by atoms with E-state index >= 15 is 0 Å². The molecule has 0 radical (unpaired) electrons. The second-order valence-electron chi connectivity index (χ2n) is 5.43. The van der Waals surface area contributed by atoms with Crippen LogP contribution < -0.4 is 10.6 Å². The number of thiophene rings is 1. The molecule has 8 heteroatoms. The van der Waals surface area contributed by atoms with Gasteiger partial charge in [0, 0.05) is 36.6 Å². The van der Waals surface area contributed by atoms with Crippen LogP contribution in [0.4, 0.5) is 4.79 Å². The van der Waals surface area contributed by atoms with Crippen molar-refractivity contribution in [3.05, 3.63) is 63.5 Å². The Morgan fingerprint density at radius 2 is 2.12 bits per heavy atom. The Morgan fingerprint density at radius 1 is 1.24 bits per heavy atom. The summed E-state index contributed by atoms with van der Waals surface area (Å²) in [6, 6.07) is 7.49. The van der Waals surface area contributed by atoms with Crippen molar-refractivity contribution in [1.29, 1.82) is 0 Å². The lowest BCUT2D eigenvalue weighted by Gasteiger charge is -2.08. The van der Waals surface area contributed by atoms with Crippen molar-refractivity contribution in [2.24, 2.45) is 0 Å². The maximum Gasteiger partial charge on any atom is 0.315 e. The lowest BCUT2D eigenvalue weighted by atomic mass is 10.3. The first-order chi connectivity index (χ1) is 12.1. The number of hydrogen-bond donors (Lipinski definition) is 2. The minimum absolute atomic E-state index is 0.197. The lowest BCUT2D eigenvalue weighted by molar-refractivity contribution is 0.240. The summed E-state index contributed by atoms with van der Waals surface area (Å²) < 4.78 is 2.67. The predicted octanol–water partition coefficient (Wildman–Crippen LogP) is 3.33. The van der Waals surface area contributed by atoms with Gasteiger partial charge < -0.3 is 10.6 Å². The fourth-order valence-corrected chi connectivity index (χ4v) is 3.40. The number of rotatable bonds is 6. The van der Waals surface area contributed by atoms with Crippen molar-refractivity contribution < 1.29 is 4.79 Å². The summed E-state index contributed by atoms with van der Waals surface area (Å²) in [4.78, 5) is 21.6. The van der Waals surface area contributed by atoms with E-state index in [-0.39, 0.29) is 6.03 Å². The molecule has 2 amide bonds. The molecule has 0 aliphatic heterocycles. The molecule has 0 aliphatic rings. The molecule has 2 N–H and O–H groups in total. The maximum absolute atomic E-state index is 11.8. The van der Waals surface area contributed by atoms with Crippen LogP contribution in [0.2, 0.25) is 4.34 Å². The summed E-state index contributed by atoms with van der Waals surface area (Å²) in [5, 5.41) is 5.66. The number of amides is 2. The molecule has 130 valence electrons. The smallest absolute Gasteiger partial charge is 0.315 e. The Bertz CT molecular complexity index is 843. The van der Waals surface area contributed by atoms with Gasteiger partial charge in [0.2, 0.25) is 0 Å². The molecule has 3 heterocycles. The van der Waals surface area contributed by atoms with Crippen LogP contribution in [0.3, 0.4) is 0 Å². The Kier molecular flexibility index (Phi) is 5.67. The van der Waals surface area contributed by atoms with E-state index in [9.17, 15) is 4.79 Å². The number of aryl methyl sites for hydroxylation is 1. The highest BCUT2D eigenvalue weighted by atomic mass is 35.5. The molecule has 6 nitrogen and oxygen atoms in total. The molecular formula is C17H18ClN5OS. The topological polar surface area (TPSA) is 71.8 Å². The minimum Gasteiger partial charge on any atom is -0.338 e. The third-order valence-electron chi connectivity index (χ3n) is 3.62. The molecule has 25 heavy (non-hydrogen) atoms. The highest BCUT2D eigenvalue weighted by Gasteiger charge is 2.04. The summed E-state index contributed by atoms with van der Waals surface area (Å²) in [6.07, 6.45) is 6.12. The first-order valence-electron chi connectivity index (χ1n) is 7.83. The van der Waals surface area contributed by atoms with Crippen LogP contribution in [0.1, 0.15) is 16.3 Å². The SMILES string of the molecule is Cc1nccn1-c1ccc(CNC(=O)NCCc2ccc(Cl)s2)cn1. The first-order valence-corrected chi connectivity index (χ1v) is 9.02. The van der Waals surface area contributed by atoms with Crippen molar-refractivity contribution in [2.75, 3.05) is 6.54 Å². The zero-order valence-electron chi connectivity index (χ0n) is 13.7. The van der Waals surface area contributed by atoms with Crippen molar-refractivity contribution >= 4 is 29.0 Å². The van der Waals surface area contributed by atoms with E-state index in [1.165, 1.54) is 11.3 Å². The van der Waals surface area contributed by atoms with E-state index < -0.39 is 0 Å². The van der Waals surface area contributed by atoms with Crippen LogP contribution >= 0.6 is 22.9 Å². The molecule has 0 aromatic carbocycles. The van der Waals surface area contributed by atoms with Crippen molar-refractivity contribution in [3.8, 4) is 5.82 Å². The van der Waals surface area contributed by atoms with Crippen LogP contribution in [-0.4, -0.2) is 27.1 Å². The monoisotopic (exact) mass is 375 g/mol. The Labute approximate surface area is 154 Å². The van der Waals surface area contributed by atoms with Crippen LogP contribution in [0.25, 0.3) is 5.82 Å². The molecule has 0 bridgehead atoms. The number of hydrogen-bond acceptors (Lipinski definition) is 4. The average Bonchev–Trinajstić information content (AvgIpc) is 3.22. The molecule has 3 rings (SSSR count). The average molecular weight is 376 g/mol. The van der Waals surface area contributed by atoms with Crippen LogP contribution in [0.15, 0.2) is 42.9 Å². The van der Waals surface area contributed by atoms with Gasteiger partial charge in [-0.15, -0.1) is 11.3 Å². The fourth-order valence-electron chi connectivity index (χ4n) is 2.31. The molecule has 0 aliphatic carbocycles. The van der Waals surface area contributed by atoms with E-state index in [0.29, 0.717) is 13.1 Å². The number of carbonyl (C=O) groups is 1. The van der Waals surface area contributed by atoms with Crippen LogP contribution in [0.5, 0.6) is 0 Å². The molecule has 3 aromatic rings. The molecule has 0 atom stereocenters. The number of pyridine rings is 1. The number of imidazole rings is 1. The van der Waals surface area contributed by atoms with Gasteiger partial charge in [-0.3, -0.25) is 4.57 Å². The molecule has 0 spiro atoms. The Morgan fingerprint density at radius 3 is 2.76 bits per heavy atom. The van der Waals surface area contributed by atoms with Gasteiger partial charge in [-0.1, -0.05) is 17.7 Å². The van der Waals surface area contributed by atoms with Crippen LogP contribution in [-0.2, 0) is 13.0 Å². The van der Waals surface area contributed by atoms with Gasteiger partial charge in [0.25, 0.3) is 0 Å². The summed E-state index contributed by atoms with van der Waals surface area (Å²) in [5.74, 6) is 1.68. The van der Waals surface area contributed by atoms with E-state index in [0.717, 1.165) is 32.8 Å². The molecule has 0 saturated heterocycles. The molecule has 0 saturated carbocycles. The normalized spacial score (nSPS) is 10.6. The first kappa shape index (κ1) is 17.4. The zero-order chi connectivity index (χ0) is 17.6. The van der Waals surface area contributed by atoms with Crippen LogP contribution in [0, 0.1) is 6.92 Å². The predicted molar refractivity (Wildman–Crippen MR) is 99.4 cm³/mol. The number of carbonyl (C=O) groups excluding carboxylic acids is 1. The summed E-state index contributed by atoms with van der Waals surface area (Å²) >= 11 is 7.41. The summed E-state index contributed by atoms with van der Waals surface area (Å²) in [6.45, 7) is 2.91. The van der Waals surface area contributed by atoms with Gasteiger partial charge in [-0.25, -0.2) is 14.8 Å². The quantitative estimate of drug-likeness (QED) is 0.694. The number of halogens is 1. The summed E-state index contributed by atoms with van der Waals surface area (Å²) in [5.41, 5.74) is 0.932. The second-order valence-corrected chi connectivity index (χ2v) is 7.23. The van der Waals surface area contributed by atoms with Gasteiger partial charge >= 0.3 is 6.03 Å². The summed E-state index contributed by atoms with van der Waals surface area (Å²) in [7, 11) is 0. The Hall–Kier alpha value is -2.38. The number of urea groups is 1. The molecular weight excluding hydrogens is 358 g/mol. The number of nitrogens with zero attached hydrogens (tertiary/aromatic N) is 3. The van der Waals surface area contributed by atoms with Crippen molar-refractivity contribution in [2.45, 2.75) is 19.9 Å². The third-order valence-corrected chi connectivity index (χ3v) is 4.91. The van der Waals surface area contributed by atoms with Crippen molar-refractivity contribution in [1.82, 2.24) is 25.2 Å². The van der Waals surface area contributed by atoms with Crippen molar-refractivity contribution in [3.63, 3.8) is 0 Å².